The van der Waals surface area contributed by atoms with Crippen LogP contribution >= 0.6 is 0 Å². The van der Waals surface area contributed by atoms with Gasteiger partial charge in [-0.1, -0.05) is 49.6 Å². The number of benzene rings is 2. The minimum Gasteiger partial charge on any atom is -0.452 e. The summed E-state index contributed by atoms with van der Waals surface area (Å²) in [6.07, 6.45) is 5.56. The van der Waals surface area contributed by atoms with Gasteiger partial charge in [0.2, 0.25) is 0 Å². The highest BCUT2D eigenvalue weighted by Gasteiger charge is 2.24. The summed E-state index contributed by atoms with van der Waals surface area (Å²) in [6, 6.07) is 15.1. The summed E-state index contributed by atoms with van der Waals surface area (Å²) in [4.78, 5) is 34.7. The largest absolute Gasteiger partial charge is 0.452 e. The van der Waals surface area contributed by atoms with Crippen LogP contribution in [0.15, 0.2) is 48.5 Å². The van der Waals surface area contributed by atoms with E-state index in [1.54, 1.807) is 24.1 Å². The van der Waals surface area contributed by atoms with Crippen LogP contribution in [0.2, 0.25) is 0 Å². The van der Waals surface area contributed by atoms with E-state index in [1.165, 1.54) is 6.42 Å². The third-order valence-electron chi connectivity index (χ3n) is 5.63. The molecule has 0 saturated heterocycles. The number of para-hydroxylation sites is 2. The first-order valence-electron chi connectivity index (χ1n) is 10.1. The van der Waals surface area contributed by atoms with Gasteiger partial charge in [-0.2, -0.15) is 0 Å². The lowest BCUT2D eigenvalue weighted by atomic mass is 9.94. The zero-order chi connectivity index (χ0) is 20.2. The van der Waals surface area contributed by atoms with Crippen molar-refractivity contribution in [3.05, 3.63) is 54.1 Å². The fourth-order valence-electron chi connectivity index (χ4n) is 3.93. The Morgan fingerprint density at radius 3 is 2.59 bits per heavy atom. The molecule has 4 rings (SSSR count). The van der Waals surface area contributed by atoms with E-state index in [0.29, 0.717) is 17.0 Å². The maximum absolute atomic E-state index is 12.7. The van der Waals surface area contributed by atoms with E-state index in [9.17, 15) is 9.59 Å². The van der Waals surface area contributed by atoms with Crippen molar-refractivity contribution in [1.82, 2.24) is 14.9 Å². The molecular weight excluding hydrogens is 366 g/mol. The Morgan fingerprint density at radius 2 is 1.79 bits per heavy atom. The fourth-order valence-corrected chi connectivity index (χ4v) is 3.93. The van der Waals surface area contributed by atoms with Crippen LogP contribution in [0, 0.1) is 0 Å². The number of ether oxygens (including phenoxy) is 1. The summed E-state index contributed by atoms with van der Waals surface area (Å²) < 4.78 is 5.37. The molecule has 0 radical (unpaired) electrons. The minimum atomic E-state index is -0.522. The summed E-state index contributed by atoms with van der Waals surface area (Å²) in [5, 5.41) is 0. The molecule has 1 heterocycles. The molecule has 1 saturated carbocycles. The van der Waals surface area contributed by atoms with Gasteiger partial charge >= 0.3 is 5.97 Å². The van der Waals surface area contributed by atoms with Gasteiger partial charge in [-0.05, 0) is 31.0 Å². The molecule has 0 atom stereocenters. The summed E-state index contributed by atoms with van der Waals surface area (Å²) in [5.74, 6) is -0.0812. The van der Waals surface area contributed by atoms with Crippen molar-refractivity contribution in [1.29, 1.82) is 0 Å². The lowest BCUT2D eigenvalue weighted by Gasteiger charge is -2.31. The van der Waals surface area contributed by atoms with Crippen molar-refractivity contribution in [2.24, 2.45) is 0 Å². The van der Waals surface area contributed by atoms with Gasteiger partial charge in [-0.25, -0.2) is 9.78 Å². The quantitative estimate of drug-likeness (QED) is 0.662. The predicted octanol–water partition coefficient (Wildman–Crippen LogP) is 4.18. The number of imidazole rings is 1. The molecule has 0 bridgehead atoms. The predicted molar refractivity (Wildman–Crippen MR) is 111 cm³/mol. The van der Waals surface area contributed by atoms with Crippen molar-refractivity contribution in [2.75, 3.05) is 13.7 Å². The summed E-state index contributed by atoms with van der Waals surface area (Å²) in [6.45, 7) is -0.250. The number of hydrogen-bond acceptors (Lipinski definition) is 4. The fraction of sp³-hybridized carbons (Fsp3) is 0.348. The number of likely N-dealkylation sites (N-methyl/N-ethyl adjacent to an activating group) is 1. The van der Waals surface area contributed by atoms with E-state index in [2.05, 4.69) is 9.97 Å². The van der Waals surface area contributed by atoms with Crippen LogP contribution in [-0.4, -0.2) is 46.4 Å². The van der Waals surface area contributed by atoms with Crippen molar-refractivity contribution >= 4 is 22.9 Å². The Balaban J connectivity index is 1.47. The van der Waals surface area contributed by atoms with Crippen LogP contribution in [-0.2, 0) is 9.53 Å². The number of H-pyrrole nitrogens is 1. The number of aromatic nitrogens is 2. The second kappa shape index (κ2) is 8.47. The molecular formula is C23H25N3O3. The average molecular weight is 391 g/mol. The number of amides is 1. The number of nitrogens with one attached hydrogen (secondary N) is 1. The molecule has 2 aromatic carbocycles. The molecule has 6 heteroatoms. The molecule has 1 amide bonds. The lowest BCUT2D eigenvalue weighted by molar-refractivity contribution is -0.135. The number of rotatable bonds is 5. The van der Waals surface area contributed by atoms with Crippen LogP contribution in [0.5, 0.6) is 0 Å². The third kappa shape index (κ3) is 4.16. The number of aromatic amines is 1. The first kappa shape index (κ1) is 19.2. The smallest absolute Gasteiger partial charge is 0.339 e. The van der Waals surface area contributed by atoms with E-state index in [-0.39, 0.29) is 18.6 Å². The number of nitrogens with zero attached hydrogens (tertiary/aromatic N) is 2. The average Bonchev–Trinajstić information content (AvgIpc) is 3.21. The summed E-state index contributed by atoms with van der Waals surface area (Å²) in [7, 11) is 1.80. The van der Waals surface area contributed by atoms with Gasteiger partial charge in [0.1, 0.15) is 5.82 Å². The van der Waals surface area contributed by atoms with Crippen LogP contribution in [0.1, 0.15) is 42.5 Å². The molecule has 150 valence electrons. The molecule has 0 aliphatic heterocycles. The Hall–Kier alpha value is -3.15. The normalized spacial score (nSPS) is 14.7. The highest BCUT2D eigenvalue weighted by atomic mass is 16.5. The molecule has 3 aromatic rings. The number of carbonyl (C=O) groups is 2. The van der Waals surface area contributed by atoms with Gasteiger partial charge in [0.05, 0.1) is 16.6 Å². The van der Waals surface area contributed by atoms with Gasteiger partial charge in [0, 0.05) is 18.7 Å². The number of carbonyl (C=O) groups excluding carboxylic acids is 2. The van der Waals surface area contributed by atoms with E-state index in [0.717, 1.165) is 36.7 Å². The molecule has 6 nitrogen and oxygen atoms in total. The molecule has 1 aliphatic rings. The third-order valence-corrected chi connectivity index (χ3v) is 5.63. The van der Waals surface area contributed by atoms with E-state index in [1.807, 2.05) is 36.4 Å². The molecule has 0 unspecified atom stereocenters. The van der Waals surface area contributed by atoms with Crippen LogP contribution in [0.4, 0.5) is 0 Å². The maximum Gasteiger partial charge on any atom is 0.339 e. The highest BCUT2D eigenvalue weighted by molar-refractivity contribution is 5.98. The number of fused-ring (bicyclic) bond motifs is 1. The monoisotopic (exact) mass is 391 g/mol. The van der Waals surface area contributed by atoms with Crippen LogP contribution in [0.25, 0.3) is 22.4 Å². The Labute approximate surface area is 169 Å². The van der Waals surface area contributed by atoms with E-state index >= 15 is 0 Å². The molecule has 0 spiro atoms. The topological polar surface area (TPSA) is 75.3 Å². The molecule has 1 aromatic heterocycles. The zero-order valence-corrected chi connectivity index (χ0v) is 16.6. The zero-order valence-electron chi connectivity index (χ0n) is 16.6. The van der Waals surface area contributed by atoms with Crippen LogP contribution in [0.3, 0.4) is 0 Å². The first-order valence-corrected chi connectivity index (χ1v) is 10.1. The first-order chi connectivity index (χ1) is 14.1. The number of hydrogen-bond donors (Lipinski definition) is 1. The van der Waals surface area contributed by atoms with Gasteiger partial charge in [0.15, 0.2) is 6.61 Å². The molecule has 1 fully saturated rings. The minimum absolute atomic E-state index is 0.161. The van der Waals surface area contributed by atoms with Crippen molar-refractivity contribution in [2.45, 2.75) is 38.1 Å². The lowest BCUT2D eigenvalue weighted by Crippen LogP contribution is -2.40. The van der Waals surface area contributed by atoms with E-state index < -0.39 is 5.97 Å². The van der Waals surface area contributed by atoms with Gasteiger partial charge < -0.3 is 14.6 Å². The van der Waals surface area contributed by atoms with Gasteiger partial charge in [-0.3, -0.25) is 4.79 Å². The number of esters is 1. The summed E-state index contributed by atoms with van der Waals surface area (Å²) in [5.41, 5.74) is 2.77. The van der Waals surface area contributed by atoms with Crippen molar-refractivity contribution < 1.29 is 14.3 Å². The molecule has 1 N–H and O–H groups in total. The Kier molecular flexibility index (Phi) is 5.60. The van der Waals surface area contributed by atoms with Gasteiger partial charge in [-0.15, -0.1) is 0 Å². The van der Waals surface area contributed by atoms with Crippen molar-refractivity contribution in [3.63, 3.8) is 0 Å². The SMILES string of the molecule is CN(C(=O)COC(=O)c1ccccc1-c1nc2ccccc2[nH]1)C1CCCCC1. The van der Waals surface area contributed by atoms with Crippen molar-refractivity contribution in [3.8, 4) is 11.4 Å². The second-order valence-electron chi connectivity index (χ2n) is 7.52. The highest BCUT2D eigenvalue weighted by Crippen LogP contribution is 2.25. The van der Waals surface area contributed by atoms with Crippen LogP contribution < -0.4 is 0 Å². The van der Waals surface area contributed by atoms with Gasteiger partial charge in [0.25, 0.3) is 5.91 Å². The Morgan fingerprint density at radius 1 is 1.07 bits per heavy atom. The standard InChI is InChI=1S/C23H25N3O3/c1-26(16-9-3-2-4-10-16)21(27)15-29-23(28)18-12-6-5-11-17(18)22-24-19-13-7-8-14-20(19)25-22/h5-8,11-14,16H,2-4,9-10,15H2,1H3,(H,24,25). The maximum atomic E-state index is 12.7. The Bertz CT molecular complexity index is 988. The molecule has 1 aliphatic carbocycles. The summed E-state index contributed by atoms with van der Waals surface area (Å²) >= 11 is 0. The second-order valence-corrected chi connectivity index (χ2v) is 7.52. The molecule has 29 heavy (non-hydrogen) atoms. The van der Waals surface area contributed by atoms with E-state index in [4.69, 9.17) is 4.74 Å².